The monoisotopic (exact) mass is 274 g/mol. The predicted octanol–water partition coefficient (Wildman–Crippen LogP) is 1.67. The van der Waals surface area contributed by atoms with Gasteiger partial charge in [-0.2, -0.15) is 5.10 Å². The summed E-state index contributed by atoms with van der Waals surface area (Å²) in [7, 11) is 1.92. The highest BCUT2D eigenvalue weighted by atomic mass is 16.3. The van der Waals surface area contributed by atoms with Gasteiger partial charge >= 0.3 is 0 Å². The first kappa shape index (κ1) is 13.5. The molecule has 1 fully saturated rings. The first-order valence-corrected chi connectivity index (χ1v) is 7.35. The number of rotatable bonds is 3. The first-order valence-electron chi connectivity index (χ1n) is 7.35. The maximum Gasteiger partial charge on any atom is 0.157 e. The fourth-order valence-corrected chi connectivity index (χ4v) is 3.05. The largest absolute Gasteiger partial charge is 0.392 e. The van der Waals surface area contributed by atoms with E-state index in [0.717, 1.165) is 48.1 Å². The number of fused-ring (bicyclic) bond motifs is 1. The number of pyridine rings is 1. The van der Waals surface area contributed by atoms with Crippen LogP contribution in [0.15, 0.2) is 12.3 Å². The number of aliphatic hydroxyl groups excluding tert-OH is 1. The maximum absolute atomic E-state index is 9.97. The van der Waals surface area contributed by atoms with Gasteiger partial charge in [0.05, 0.1) is 11.8 Å². The van der Waals surface area contributed by atoms with Gasteiger partial charge in [0, 0.05) is 31.2 Å². The third kappa shape index (κ3) is 2.55. The van der Waals surface area contributed by atoms with Crippen LogP contribution in [-0.4, -0.2) is 32.0 Å². The molecule has 1 saturated carbocycles. The van der Waals surface area contributed by atoms with Crippen LogP contribution in [0.4, 0.5) is 0 Å². The standard InChI is InChI=1S/C15H22N4O/c1-10-12-7-11(9-17-15(12)19(2)18-10)8-16-13-5-3-4-6-14(13)20/h7,9,13-14,16,20H,3-6,8H2,1-2H3/t13-,14+/m0/s1. The molecule has 5 nitrogen and oxygen atoms in total. The summed E-state index contributed by atoms with van der Waals surface area (Å²) in [6, 6.07) is 2.36. The van der Waals surface area contributed by atoms with Gasteiger partial charge in [-0.1, -0.05) is 12.8 Å². The van der Waals surface area contributed by atoms with Gasteiger partial charge in [0.2, 0.25) is 0 Å². The topological polar surface area (TPSA) is 63.0 Å². The zero-order valence-electron chi connectivity index (χ0n) is 12.1. The SMILES string of the molecule is Cc1nn(C)c2ncc(CN[C@H]3CCCC[C@H]3O)cc12. The molecule has 0 aliphatic heterocycles. The molecule has 0 unspecified atom stereocenters. The normalized spacial score (nSPS) is 23.4. The third-order valence-corrected chi connectivity index (χ3v) is 4.22. The lowest BCUT2D eigenvalue weighted by molar-refractivity contribution is 0.0902. The molecule has 0 bridgehead atoms. The van der Waals surface area contributed by atoms with E-state index < -0.39 is 0 Å². The van der Waals surface area contributed by atoms with Crippen molar-refractivity contribution in [2.45, 2.75) is 51.3 Å². The Hall–Kier alpha value is -1.46. The second-order valence-corrected chi connectivity index (χ2v) is 5.76. The van der Waals surface area contributed by atoms with Crippen molar-refractivity contribution < 1.29 is 5.11 Å². The quantitative estimate of drug-likeness (QED) is 0.893. The van der Waals surface area contributed by atoms with Crippen LogP contribution in [0.2, 0.25) is 0 Å². The summed E-state index contributed by atoms with van der Waals surface area (Å²) >= 11 is 0. The van der Waals surface area contributed by atoms with Crippen molar-refractivity contribution in [1.29, 1.82) is 0 Å². The smallest absolute Gasteiger partial charge is 0.157 e. The van der Waals surface area contributed by atoms with Crippen molar-refractivity contribution in [3.63, 3.8) is 0 Å². The van der Waals surface area contributed by atoms with Gasteiger partial charge in [0.1, 0.15) is 0 Å². The Bertz CT molecular complexity index is 607. The highest BCUT2D eigenvalue weighted by Gasteiger charge is 2.22. The van der Waals surface area contributed by atoms with E-state index in [9.17, 15) is 5.11 Å². The third-order valence-electron chi connectivity index (χ3n) is 4.22. The lowest BCUT2D eigenvalue weighted by atomic mass is 9.92. The van der Waals surface area contributed by atoms with E-state index in [-0.39, 0.29) is 12.1 Å². The molecular weight excluding hydrogens is 252 g/mol. The van der Waals surface area contributed by atoms with Gasteiger partial charge in [-0.05, 0) is 31.4 Å². The summed E-state index contributed by atoms with van der Waals surface area (Å²) in [6.07, 6.45) is 6.00. The number of aliphatic hydroxyl groups is 1. The Kier molecular flexibility index (Phi) is 3.72. The number of hydrogen-bond donors (Lipinski definition) is 2. The van der Waals surface area contributed by atoms with Crippen molar-refractivity contribution >= 4 is 11.0 Å². The van der Waals surface area contributed by atoms with E-state index >= 15 is 0 Å². The van der Waals surface area contributed by atoms with Gasteiger partial charge in [0.25, 0.3) is 0 Å². The maximum atomic E-state index is 9.97. The van der Waals surface area contributed by atoms with Gasteiger partial charge in [-0.25, -0.2) is 4.98 Å². The van der Waals surface area contributed by atoms with Crippen LogP contribution in [0, 0.1) is 6.92 Å². The molecule has 2 N–H and O–H groups in total. The summed E-state index contributed by atoms with van der Waals surface area (Å²) in [5.41, 5.74) is 3.07. The van der Waals surface area contributed by atoms with Crippen LogP contribution >= 0.6 is 0 Å². The summed E-state index contributed by atoms with van der Waals surface area (Å²) < 4.78 is 1.81. The Morgan fingerprint density at radius 1 is 1.40 bits per heavy atom. The predicted molar refractivity (Wildman–Crippen MR) is 78.3 cm³/mol. The molecule has 0 saturated heterocycles. The van der Waals surface area contributed by atoms with E-state index in [0.29, 0.717) is 0 Å². The van der Waals surface area contributed by atoms with E-state index in [2.05, 4.69) is 21.5 Å². The highest BCUT2D eigenvalue weighted by molar-refractivity contribution is 5.78. The molecular formula is C15H22N4O. The Labute approximate surface area is 119 Å². The van der Waals surface area contributed by atoms with E-state index in [1.54, 1.807) is 0 Å². The second-order valence-electron chi connectivity index (χ2n) is 5.76. The molecule has 108 valence electrons. The summed E-state index contributed by atoms with van der Waals surface area (Å²) in [6.45, 7) is 2.76. The minimum absolute atomic E-state index is 0.208. The number of hydrogen-bond acceptors (Lipinski definition) is 4. The zero-order chi connectivity index (χ0) is 14.1. The van der Waals surface area contributed by atoms with Gasteiger partial charge in [-0.3, -0.25) is 4.68 Å². The van der Waals surface area contributed by atoms with Crippen LogP contribution in [0.3, 0.4) is 0 Å². The molecule has 0 spiro atoms. The van der Waals surface area contributed by atoms with E-state index in [4.69, 9.17) is 0 Å². The lowest BCUT2D eigenvalue weighted by Crippen LogP contribution is -2.41. The average Bonchev–Trinajstić information content (AvgIpc) is 2.73. The zero-order valence-corrected chi connectivity index (χ0v) is 12.1. The van der Waals surface area contributed by atoms with Crippen LogP contribution in [-0.2, 0) is 13.6 Å². The van der Waals surface area contributed by atoms with Gasteiger partial charge in [0.15, 0.2) is 5.65 Å². The summed E-state index contributed by atoms with van der Waals surface area (Å²) in [4.78, 5) is 4.48. The molecule has 5 heteroatoms. The molecule has 2 aromatic heterocycles. The number of aryl methyl sites for hydroxylation is 2. The lowest BCUT2D eigenvalue weighted by Gasteiger charge is -2.28. The van der Waals surface area contributed by atoms with Crippen molar-refractivity contribution in [2.75, 3.05) is 0 Å². The Morgan fingerprint density at radius 2 is 2.20 bits per heavy atom. The van der Waals surface area contributed by atoms with Crippen LogP contribution < -0.4 is 5.32 Å². The molecule has 0 radical (unpaired) electrons. The first-order chi connectivity index (χ1) is 9.65. The van der Waals surface area contributed by atoms with Crippen molar-refractivity contribution in [3.8, 4) is 0 Å². The minimum atomic E-state index is -0.208. The fraction of sp³-hybridized carbons (Fsp3) is 0.600. The van der Waals surface area contributed by atoms with E-state index in [1.807, 2.05) is 24.9 Å². The van der Waals surface area contributed by atoms with Crippen molar-refractivity contribution in [2.24, 2.45) is 7.05 Å². The van der Waals surface area contributed by atoms with Gasteiger partial charge < -0.3 is 10.4 Å². The fourth-order valence-electron chi connectivity index (χ4n) is 3.05. The molecule has 3 rings (SSSR count). The Morgan fingerprint density at radius 3 is 3.00 bits per heavy atom. The molecule has 0 amide bonds. The second kappa shape index (κ2) is 5.50. The molecule has 2 aromatic rings. The molecule has 2 heterocycles. The number of aromatic nitrogens is 3. The molecule has 2 atom stereocenters. The molecule has 1 aliphatic rings. The molecule has 1 aliphatic carbocycles. The average molecular weight is 274 g/mol. The van der Waals surface area contributed by atoms with E-state index in [1.165, 1.54) is 6.42 Å². The highest BCUT2D eigenvalue weighted by Crippen LogP contribution is 2.20. The van der Waals surface area contributed by atoms with Gasteiger partial charge in [-0.15, -0.1) is 0 Å². The Balaban J connectivity index is 1.72. The summed E-state index contributed by atoms with van der Waals surface area (Å²) in [5, 5.41) is 18.9. The van der Waals surface area contributed by atoms with Crippen molar-refractivity contribution in [3.05, 3.63) is 23.5 Å². The summed E-state index contributed by atoms with van der Waals surface area (Å²) in [5.74, 6) is 0. The van der Waals surface area contributed by atoms with Crippen LogP contribution in [0.5, 0.6) is 0 Å². The van der Waals surface area contributed by atoms with Crippen molar-refractivity contribution in [1.82, 2.24) is 20.1 Å². The molecule has 0 aromatic carbocycles. The molecule has 20 heavy (non-hydrogen) atoms. The minimum Gasteiger partial charge on any atom is -0.392 e. The number of nitrogens with one attached hydrogen (secondary N) is 1. The number of nitrogens with zero attached hydrogens (tertiary/aromatic N) is 3. The van der Waals surface area contributed by atoms with Crippen LogP contribution in [0.25, 0.3) is 11.0 Å². The van der Waals surface area contributed by atoms with Crippen LogP contribution in [0.1, 0.15) is 36.9 Å².